The topological polar surface area (TPSA) is 217 Å². The summed E-state index contributed by atoms with van der Waals surface area (Å²) in [5, 5.41) is 25.4. The number of rotatable bonds is 12. The molecule has 0 unspecified atom stereocenters. The zero-order valence-electron chi connectivity index (χ0n) is 25.6. The molecule has 18 heteroatoms. The van der Waals surface area contributed by atoms with Gasteiger partial charge in [-0.3, -0.25) is 20.0 Å². The molecule has 0 radical (unpaired) electrons. The minimum Gasteiger partial charge on any atom is -0.292 e. The first-order valence-corrected chi connectivity index (χ1v) is 17.4. The Hall–Kier alpha value is -6.34. The van der Waals surface area contributed by atoms with Gasteiger partial charge in [0.25, 0.3) is 20.2 Å². The third-order valence-electron chi connectivity index (χ3n) is 6.92. The van der Waals surface area contributed by atoms with Gasteiger partial charge in [-0.15, -0.1) is 20.4 Å². The average molecular weight is 711 g/mol. The largest absolute Gasteiger partial charge is 0.298 e. The van der Waals surface area contributed by atoms with Gasteiger partial charge in [0.2, 0.25) is 0 Å². The highest BCUT2D eigenvalue weighted by Crippen LogP contribution is 2.46. The van der Waals surface area contributed by atoms with E-state index in [4.69, 9.17) is 0 Å². The molecule has 50 heavy (non-hydrogen) atoms. The maximum absolute atomic E-state index is 13.6. The summed E-state index contributed by atoms with van der Waals surface area (Å²) in [4.78, 5) is -2.32. The minimum absolute atomic E-state index is 0.0597. The Labute approximate surface area is 286 Å². The molecule has 0 aliphatic rings. The van der Waals surface area contributed by atoms with Crippen LogP contribution in [0.15, 0.2) is 131 Å². The Bertz CT molecular complexity index is 2330. The van der Waals surface area contributed by atoms with E-state index in [-0.39, 0.29) is 22.9 Å². The van der Waals surface area contributed by atoms with E-state index < -0.39 is 35.7 Å². The summed E-state index contributed by atoms with van der Waals surface area (Å²) in [6.45, 7) is 0. The Morgan fingerprint density at radius 3 is 1.54 bits per heavy atom. The molecule has 4 N–H and O–H groups in total. The highest BCUT2D eigenvalue weighted by atomic mass is 32.2. The van der Waals surface area contributed by atoms with E-state index in [9.17, 15) is 25.9 Å². The quantitative estimate of drug-likeness (QED) is 0.0742. The average Bonchev–Trinajstić information content (AvgIpc) is 3.13. The standard InChI is InChI=1S/C32H26N10O6S2/c43-49(44,45)31-24(17-16-23-10-4-1-5-11-23)22-27(41(28-18-20-33-39-35-28)37-25-12-6-2-7-13-25)30(32(31)50(46,47)48)42(29-19-21-34-40-36-29)38-26-14-8-3-9-15-26/h1-22,37-38H,(H,43,44,45)(H,46,47,48). The van der Waals surface area contributed by atoms with Crippen LogP contribution in [0.3, 0.4) is 0 Å². The van der Waals surface area contributed by atoms with Crippen molar-refractivity contribution in [1.82, 2.24) is 30.8 Å². The Morgan fingerprint density at radius 1 is 0.580 bits per heavy atom. The molecule has 0 amide bonds. The predicted molar refractivity (Wildman–Crippen MR) is 186 cm³/mol. The van der Waals surface area contributed by atoms with Gasteiger partial charge in [-0.1, -0.05) is 78.9 Å². The number of anilines is 6. The summed E-state index contributed by atoms with van der Waals surface area (Å²) in [5.74, 6) is -0.0335. The summed E-state index contributed by atoms with van der Waals surface area (Å²) < 4.78 is 75.3. The first-order chi connectivity index (χ1) is 24.1. The maximum Gasteiger partial charge on any atom is 0.298 e. The first-order valence-electron chi connectivity index (χ1n) is 14.5. The van der Waals surface area contributed by atoms with Crippen molar-refractivity contribution in [2.75, 3.05) is 20.9 Å². The molecule has 6 rings (SSSR count). The molecule has 0 aliphatic heterocycles. The van der Waals surface area contributed by atoms with Gasteiger partial charge < -0.3 is 0 Å². The second kappa shape index (κ2) is 14.4. The molecule has 16 nitrogen and oxygen atoms in total. The van der Waals surface area contributed by atoms with Crippen molar-refractivity contribution in [2.45, 2.75) is 9.79 Å². The molecule has 2 aromatic heterocycles. The summed E-state index contributed by atoms with van der Waals surface area (Å²) in [6.07, 6.45) is 5.41. The third kappa shape index (κ3) is 7.69. The molecule has 0 saturated carbocycles. The molecule has 252 valence electrons. The van der Waals surface area contributed by atoms with E-state index in [1.165, 1.54) is 47.8 Å². The highest BCUT2D eigenvalue weighted by Gasteiger charge is 2.38. The van der Waals surface area contributed by atoms with Crippen molar-refractivity contribution in [3.05, 3.63) is 133 Å². The SMILES string of the molecule is O=S(=O)(O)c1c(C=Cc2ccccc2)cc(N(Nc2ccccc2)c2ccnnn2)c(N(Nc2ccccc2)c2ccnnn2)c1S(=O)(=O)O. The first kappa shape index (κ1) is 33.6. The number of hydrogen-bond donors (Lipinski definition) is 4. The number of hydrazine groups is 2. The van der Waals surface area contributed by atoms with Gasteiger partial charge in [-0.05, 0) is 51.9 Å². The van der Waals surface area contributed by atoms with Gasteiger partial charge in [-0.25, -0.2) is 10.0 Å². The van der Waals surface area contributed by atoms with Crippen molar-refractivity contribution in [1.29, 1.82) is 0 Å². The lowest BCUT2D eigenvalue weighted by Crippen LogP contribution is -2.33. The van der Waals surface area contributed by atoms with Crippen LogP contribution in [0.25, 0.3) is 12.2 Å². The van der Waals surface area contributed by atoms with E-state index >= 15 is 0 Å². The number of nitrogens with one attached hydrogen (secondary N) is 2. The Morgan fingerprint density at radius 2 is 1.06 bits per heavy atom. The number of para-hydroxylation sites is 2. The third-order valence-corrected chi connectivity index (χ3v) is 8.92. The van der Waals surface area contributed by atoms with Gasteiger partial charge >= 0.3 is 0 Å². The Balaban J connectivity index is 1.77. The van der Waals surface area contributed by atoms with Crippen LogP contribution in [0.1, 0.15) is 11.1 Å². The van der Waals surface area contributed by atoms with Crippen molar-refractivity contribution >= 4 is 66.8 Å². The maximum atomic E-state index is 13.6. The van der Waals surface area contributed by atoms with E-state index in [1.54, 1.807) is 91.0 Å². The number of aromatic nitrogens is 6. The number of nitrogens with zero attached hydrogens (tertiary/aromatic N) is 8. The summed E-state index contributed by atoms with van der Waals surface area (Å²) >= 11 is 0. The fourth-order valence-electron chi connectivity index (χ4n) is 4.86. The molecule has 4 aromatic carbocycles. The molecule has 0 aliphatic carbocycles. The summed E-state index contributed by atoms with van der Waals surface area (Å²) in [6, 6.07) is 30.0. The summed E-state index contributed by atoms with van der Waals surface area (Å²) in [7, 11) is -10.9. The molecule has 0 bridgehead atoms. The molecule has 6 aromatic rings. The molecule has 0 saturated heterocycles. The zero-order valence-corrected chi connectivity index (χ0v) is 27.3. The van der Waals surface area contributed by atoms with E-state index in [2.05, 4.69) is 41.7 Å². The molecule has 0 atom stereocenters. The smallest absolute Gasteiger partial charge is 0.292 e. The fraction of sp³-hybridized carbons (Fsp3) is 0. The van der Waals surface area contributed by atoms with E-state index in [0.717, 1.165) is 5.01 Å². The normalized spacial score (nSPS) is 11.6. The highest BCUT2D eigenvalue weighted by molar-refractivity contribution is 7.89. The van der Waals surface area contributed by atoms with Crippen LogP contribution < -0.4 is 20.9 Å². The van der Waals surface area contributed by atoms with Crippen LogP contribution >= 0.6 is 0 Å². The van der Waals surface area contributed by atoms with Crippen LogP contribution in [0.2, 0.25) is 0 Å². The van der Waals surface area contributed by atoms with Crippen LogP contribution in [0, 0.1) is 0 Å². The van der Waals surface area contributed by atoms with Crippen LogP contribution in [0.4, 0.5) is 34.4 Å². The van der Waals surface area contributed by atoms with E-state index in [1.807, 2.05) is 0 Å². The second-order valence-corrected chi connectivity index (χ2v) is 13.0. The van der Waals surface area contributed by atoms with E-state index in [0.29, 0.717) is 16.9 Å². The van der Waals surface area contributed by atoms with Gasteiger partial charge in [-0.2, -0.15) is 16.8 Å². The van der Waals surface area contributed by atoms with Crippen molar-refractivity contribution < 1.29 is 25.9 Å². The summed E-state index contributed by atoms with van der Waals surface area (Å²) in [5.41, 5.74) is 6.69. The van der Waals surface area contributed by atoms with Crippen LogP contribution in [-0.2, 0) is 20.2 Å². The Kier molecular flexibility index (Phi) is 9.68. The molecule has 0 spiro atoms. The number of benzene rings is 4. The van der Waals surface area contributed by atoms with Crippen LogP contribution in [0.5, 0.6) is 0 Å². The van der Waals surface area contributed by atoms with Gasteiger partial charge in [0, 0.05) is 12.1 Å². The molecular weight excluding hydrogens is 685 g/mol. The van der Waals surface area contributed by atoms with Crippen LogP contribution in [-0.4, -0.2) is 56.8 Å². The predicted octanol–water partition coefficient (Wildman–Crippen LogP) is 5.05. The van der Waals surface area contributed by atoms with Gasteiger partial charge in [0.05, 0.1) is 29.5 Å². The second-order valence-electron chi connectivity index (χ2n) is 10.3. The fourth-order valence-corrected chi connectivity index (χ4v) is 7.04. The van der Waals surface area contributed by atoms with Crippen molar-refractivity contribution in [3.8, 4) is 0 Å². The molecule has 2 heterocycles. The van der Waals surface area contributed by atoms with Crippen molar-refractivity contribution in [2.24, 2.45) is 0 Å². The zero-order chi connectivity index (χ0) is 35.1. The lowest BCUT2D eigenvalue weighted by atomic mass is 10.1. The molecule has 0 fully saturated rings. The minimum atomic E-state index is -5.53. The lowest BCUT2D eigenvalue weighted by Gasteiger charge is -2.34. The van der Waals surface area contributed by atoms with Crippen molar-refractivity contribution in [3.63, 3.8) is 0 Å². The molecular formula is C32H26N10O6S2. The monoisotopic (exact) mass is 710 g/mol. The van der Waals surface area contributed by atoms with Gasteiger partial charge in [0.15, 0.2) is 11.6 Å². The lowest BCUT2D eigenvalue weighted by molar-refractivity contribution is 0.466. The van der Waals surface area contributed by atoms with Gasteiger partial charge in [0.1, 0.15) is 15.5 Å². The number of hydrogen-bond acceptors (Lipinski definition) is 14.